The summed E-state index contributed by atoms with van der Waals surface area (Å²) in [5, 5.41) is 11.1. The molecular weight excluding hydrogens is 361 g/mol. The van der Waals surface area contributed by atoms with Gasteiger partial charge in [0.05, 0.1) is 10.00 Å². The van der Waals surface area contributed by atoms with E-state index in [4.69, 9.17) is 5.73 Å². The lowest BCUT2D eigenvalue weighted by Gasteiger charge is -2.61. The minimum Gasteiger partial charge on any atom is -0.465 e. The molecule has 1 amide bonds. The number of anilines is 1. The summed E-state index contributed by atoms with van der Waals surface area (Å²) < 4.78 is 28.5. The Bertz CT molecular complexity index is 789. The van der Waals surface area contributed by atoms with Crippen LogP contribution in [0.3, 0.4) is 0 Å². The third kappa shape index (κ3) is 2.63. The van der Waals surface area contributed by atoms with Crippen molar-refractivity contribution >= 4 is 28.2 Å². The van der Waals surface area contributed by atoms with E-state index in [9.17, 15) is 18.8 Å². The van der Waals surface area contributed by atoms with Crippen LogP contribution in [0.5, 0.6) is 0 Å². The van der Waals surface area contributed by atoms with Crippen LogP contribution in [-0.2, 0) is 5.54 Å². The number of fused-ring (bicyclic) bond motifs is 1. The van der Waals surface area contributed by atoms with Crippen LogP contribution in [0.15, 0.2) is 17.1 Å². The molecule has 0 spiro atoms. The van der Waals surface area contributed by atoms with Gasteiger partial charge in [0.1, 0.15) is 28.7 Å². The predicted molar refractivity (Wildman–Crippen MR) is 99.9 cm³/mol. The molecule has 3 atom stereocenters. The van der Waals surface area contributed by atoms with Crippen LogP contribution in [0.1, 0.15) is 39.3 Å². The number of aliphatic imine (C=N–C) groups is 1. The van der Waals surface area contributed by atoms with Gasteiger partial charge in [-0.15, -0.1) is 0 Å². The molecule has 0 bridgehead atoms. The highest BCUT2D eigenvalue weighted by molar-refractivity contribution is 8.29. The molecule has 1 aromatic rings. The molecule has 3 heterocycles. The van der Waals surface area contributed by atoms with Crippen molar-refractivity contribution in [2.24, 2.45) is 4.99 Å². The van der Waals surface area contributed by atoms with E-state index in [0.717, 1.165) is 6.42 Å². The zero-order valence-electron chi connectivity index (χ0n) is 14.9. The molecule has 0 saturated carbocycles. The summed E-state index contributed by atoms with van der Waals surface area (Å²) in [7, 11) is -2.59. The first kappa shape index (κ1) is 18.9. The number of amidine groups is 1. The Balaban J connectivity index is 2.28. The molecule has 26 heavy (non-hydrogen) atoms. The van der Waals surface area contributed by atoms with Crippen molar-refractivity contribution in [3.05, 3.63) is 23.6 Å². The van der Waals surface area contributed by atoms with E-state index >= 15 is 0 Å². The van der Waals surface area contributed by atoms with Gasteiger partial charge >= 0.3 is 6.09 Å². The van der Waals surface area contributed by atoms with E-state index in [1.807, 2.05) is 0 Å². The van der Waals surface area contributed by atoms with E-state index in [1.165, 1.54) is 12.1 Å². The maximum Gasteiger partial charge on any atom is 0.410 e. The van der Waals surface area contributed by atoms with Crippen LogP contribution >= 0.6 is 10.5 Å². The molecule has 1 fully saturated rings. The van der Waals surface area contributed by atoms with E-state index < -0.39 is 37.9 Å². The average Bonchev–Trinajstić information content (AvgIpc) is 2.55. The van der Waals surface area contributed by atoms with E-state index in [-0.39, 0.29) is 17.3 Å². The first-order valence-corrected chi connectivity index (χ1v) is 9.99. The van der Waals surface area contributed by atoms with Crippen LogP contribution in [-0.4, -0.2) is 43.1 Å². The van der Waals surface area contributed by atoms with Crippen LogP contribution in [0.4, 0.5) is 15.0 Å². The zero-order valence-corrected chi connectivity index (χ0v) is 15.7. The number of hydrogen-bond acceptors (Lipinski definition) is 6. The van der Waals surface area contributed by atoms with Crippen molar-refractivity contribution in [1.29, 1.82) is 0 Å². The number of amides is 1. The number of pyridine rings is 1. The quantitative estimate of drug-likeness (QED) is 0.504. The van der Waals surface area contributed by atoms with E-state index in [2.05, 4.69) is 20.0 Å². The maximum absolute atomic E-state index is 14.6. The first-order valence-electron chi connectivity index (χ1n) is 8.34. The molecule has 0 aromatic carbocycles. The number of rotatable bonds is 1. The molecule has 2 aliphatic rings. The number of nitrogens with zero attached hydrogens (tertiary/aromatic N) is 2. The van der Waals surface area contributed by atoms with Gasteiger partial charge in [-0.2, -0.15) is 0 Å². The second-order valence-electron chi connectivity index (χ2n) is 7.27. The normalized spacial score (nSPS) is 35.6. The number of carbonyl (C=O) groups is 1. The van der Waals surface area contributed by atoms with Crippen LogP contribution < -0.4 is 15.8 Å². The Morgan fingerprint density at radius 3 is 2.81 bits per heavy atom. The summed E-state index contributed by atoms with van der Waals surface area (Å²) in [6, 6.07) is 2.57. The molecule has 1 unspecified atom stereocenters. The topological polar surface area (TPSA) is 133 Å². The minimum atomic E-state index is -2.59. The zero-order chi connectivity index (χ0) is 19.3. The smallest absolute Gasteiger partial charge is 0.410 e. The van der Waals surface area contributed by atoms with E-state index in [0.29, 0.717) is 13.0 Å². The maximum atomic E-state index is 14.6. The predicted octanol–water partition coefficient (Wildman–Crippen LogP) is 2.42. The van der Waals surface area contributed by atoms with Crippen molar-refractivity contribution < 1.29 is 18.8 Å². The molecule has 3 rings (SSSR count). The number of nitrogen functional groups attached to an aromatic ring is 1. The molecule has 10 heteroatoms. The van der Waals surface area contributed by atoms with Crippen LogP contribution in [0, 0.1) is 5.82 Å². The lowest BCUT2D eigenvalue weighted by atomic mass is 9.88. The summed E-state index contributed by atoms with van der Waals surface area (Å²) in [5.74, 6) is -0.371. The van der Waals surface area contributed by atoms with Gasteiger partial charge in [0, 0.05) is 6.54 Å². The van der Waals surface area contributed by atoms with Gasteiger partial charge < -0.3 is 15.4 Å². The number of nitrogens with one attached hydrogen (secondary N) is 2. The second-order valence-corrected chi connectivity index (χ2v) is 10.4. The Labute approximate surface area is 152 Å². The second kappa shape index (κ2) is 6.07. The highest BCUT2D eigenvalue weighted by Crippen LogP contribution is 2.66. The van der Waals surface area contributed by atoms with Gasteiger partial charge in [-0.05, 0) is 45.7 Å². The molecule has 1 aromatic heterocycles. The van der Waals surface area contributed by atoms with Gasteiger partial charge in [0.2, 0.25) is 0 Å². The number of carboxylic acid groups (broad SMARTS) is 1. The Morgan fingerprint density at radius 2 is 2.15 bits per heavy atom. The summed E-state index contributed by atoms with van der Waals surface area (Å²) in [5.41, 5.74) is 4.51. The van der Waals surface area contributed by atoms with Gasteiger partial charge in [0.15, 0.2) is 0 Å². The highest BCUT2D eigenvalue weighted by atomic mass is 32.3. The van der Waals surface area contributed by atoms with E-state index in [1.54, 1.807) is 20.8 Å². The van der Waals surface area contributed by atoms with Gasteiger partial charge in [-0.25, -0.2) is 14.2 Å². The van der Waals surface area contributed by atoms with Crippen molar-refractivity contribution in [2.75, 3.05) is 12.3 Å². The van der Waals surface area contributed by atoms with Gasteiger partial charge in [-0.1, -0.05) is 10.5 Å². The SMILES string of the molecule is CC1(C)C(NC(=O)O)=N[C@](C)(c2nc(N)ccc2F)[C@@H]2CCCNS21O. The molecule has 0 aliphatic carbocycles. The lowest BCUT2D eigenvalue weighted by Crippen LogP contribution is -2.63. The van der Waals surface area contributed by atoms with Crippen LogP contribution in [0.25, 0.3) is 0 Å². The molecule has 144 valence electrons. The van der Waals surface area contributed by atoms with Crippen molar-refractivity contribution in [2.45, 2.75) is 49.1 Å². The monoisotopic (exact) mass is 385 g/mol. The molecule has 8 nitrogen and oxygen atoms in total. The van der Waals surface area contributed by atoms with Crippen molar-refractivity contribution in [3.63, 3.8) is 0 Å². The fraction of sp³-hybridized carbons (Fsp3) is 0.562. The third-order valence-electron chi connectivity index (χ3n) is 5.27. The lowest BCUT2D eigenvalue weighted by molar-refractivity contribution is 0.199. The molecule has 1 saturated heterocycles. The van der Waals surface area contributed by atoms with Crippen LogP contribution in [0.2, 0.25) is 0 Å². The number of hydrogen-bond donors (Lipinski definition) is 5. The number of nitrogens with two attached hydrogens (primary N) is 1. The number of halogens is 1. The summed E-state index contributed by atoms with van der Waals surface area (Å²) in [4.78, 5) is 20.0. The fourth-order valence-electron chi connectivity index (χ4n) is 3.82. The van der Waals surface area contributed by atoms with Crippen molar-refractivity contribution in [3.8, 4) is 0 Å². The summed E-state index contributed by atoms with van der Waals surface area (Å²) in [6.45, 7) is 5.75. The fourth-order valence-corrected chi connectivity index (χ4v) is 7.28. The largest absolute Gasteiger partial charge is 0.465 e. The third-order valence-corrected chi connectivity index (χ3v) is 9.18. The molecule has 2 aliphatic heterocycles. The average molecular weight is 385 g/mol. The molecule has 0 radical (unpaired) electrons. The van der Waals surface area contributed by atoms with Gasteiger partial charge in [-0.3, -0.25) is 15.0 Å². The summed E-state index contributed by atoms with van der Waals surface area (Å²) in [6.07, 6.45) is 0.100. The Kier molecular flexibility index (Phi) is 4.40. The van der Waals surface area contributed by atoms with Crippen molar-refractivity contribution in [1.82, 2.24) is 15.0 Å². The summed E-state index contributed by atoms with van der Waals surface area (Å²) >= 11 is 0. The Morgan fingerprint density at radius 1 is 1.46 bits per heavy atom. The standard InChI is InChI=1S/C16H24FN5O3S/c1-15(2)13(21-14(23)24)22-16(3,10-5-4-8-19-26(10,15)25)12-9(17)6-7-11(18)20-12/h6-7,10,19,25H,4-5,8H2,1-3H3,(H2,18,20)(H,21,22)(H,23,24)/t10-,16-/m0/s1. The van der Waals surface area contributed by atoms with Gasteiger partial charge in [0.25, 0.3) is 0 Å². The first-order chi connectivity index (χ1) is 12.0. The molecular formula is C16H24FN5O3S. The molecule has 6 N–H and O–H groups in total. The minimum absolute atomic E-state index is 0.0114. The number of aromatic nitrogens is 1. The highest BCUT2D eigenvalue weighted by Gasteiger charge is 2.60. The Hall–Kier alpha value is -1.91.